The van der Waals surface area contributed by atoms with Crippen LogP contribution in [0.5, 0.6) is 0 Å². The van der Waals surface area contributed by atoms with Gasteiger partial charge in [-0.15, -0.1) is 0 Å². The fourth-order valence-corrected chi connectivity index (χ4v) is 3.41. The second-order valence-corrected chi connectivity index (χ2v) is 7.87. The first-order chi connectivity index (χ1) is 16.3. The zero-order valence-electron chi connectivity index (χ0n) is 18.6. The van der Waals surface area contributed by atoms with Crippen LogP contribution in [0.1, 0.15) is 42.1 Å². The second-order valence-electron chi connectivity index (χ2n) is 7.87. The van der Waals surface area contributed by atoms with E-state index in [1.807, 2.05) is 6.92 Å². The molecule has 11 nitrogen and oxygen atoms in total. The average Bonchev–Trinajstić information content (AvgIpc) is 3.11. The maximum absolute atomic E-state index is 12.8. The molecule has 2 aliphatic rings. The summed E-state index contributed by atoms with van der Waals surface area (Å²) in [6, 6.07) is 4.30. The molecule has 0 bridgehead atoms. The number of fused-ring (bicyclic) bond motifs is 1. The van der Waals surface area contributed by atoms with Crippen molar-refractivity contribution in [3.8, 4) is 0 Å². The zero-order valence-corrected chi connectivity index (χ0v) is 18.6. The molecule has 0 radical (unpaired) electrons. The molecule has 1 aromatic rings. The number of alkyl halides is 3. The van der Waals surface area contributed by atoms with E-state index in [-0.39, 0.29) is 49.8 Å². The number of carboxylic acid groups (broad SMARTS) is 1. The molecule has 0 aromatic heterocycles. The summed E-state index contributed by atoms with van der Waals surface area (Å²) in [7, 11) is 0. The van der Waals surface area contributed by atoms with Crippen LogP contribution in [0.4, 0.5) is 18.9 Å². The number of carbonyl (C=O) groups is 5. The fraction of sp³-hybridized carbons (Fsp3) is 0.476. The summed E-state index contributed by atoms with van der Waals surface area (Å²) >= 11 is 0. The van der Waals surface area contributed by atoms with Gasteiger partial charge in [0.05, 0.1) is 6.61 Å². The van der Waals surface area contributed by atoms with Gasteiger partial charge in [-0.2, -0.15) is 13.2 Å². The Kier molecular flexibility index (Phi) is 9.31. The molecule has 2 atom stereocenters. The third-order valence-corrected chi connectivity index (χ3v) is 5.22. The lowest BCUT2D eigenvalue weighted by Crippen LogP contribution is -2.52. The third-order valence-electron chi connectivity index (χ3n) is 5.22. The quantitative estimate of drug-likeness (QED) is 0.334. The largest absolute Gasteiger partial charge is 0.490 e. The molecule has 1 aromatic carbocycles. The lowest BCUT2D eigenvalue weighted by atomic mass is 10.0. The van der Waals surface area contributed by atoms with E-state index in [1.54, 1.807) is 18.2 Å². The first-order valence-electron chi connectivity index (χ1n) is 10.6. The predicted molar refractivity (Wildman–Crippen MR) is 114 cm³/mol. The maximum Gasteiger partial charge on any atom is 0.490 e. The van der Waals surface area contributed by atoms with Gasteiger partial charge in [0.1, 0.15) is 6.04 Å². The molecule has 1 fully saturated rings. The summed E-state index contributed by atoms with van der Waals surface area (Å²) in [5, 5.41) is 24.2. The predicted octanol–water partition coefficient (Wildman–Crippen LogP) is 0.380. The first kappa shape index (κ1) is 27.7. The second kappa shape index (κ2) is 11.8. The van der Waals surface area contributed by atoms with Gasteiger partial charge in [0.25, 0.3) is 5.91 Å². The zero-order chi connectivity index (χ0) is 26.3. The first-order valence-corrected chi connectivity index (χ1v) is 10.6. The minimum atomic E-state index is -5.08. The summed E-state index contributed by atoms with van der Waals surface area (Å²) in [4.78, 5) is 58.8. The van der Waals surface area contributed by atoms with E-state index in [0.717, 1.165) is 0 Å². The van der Waals surface area contributed by atoms with Gasteiger partial charge >= 0.3 is 12.1 Å². The van der Waals surface area contributed by atoms with Crippen LogP contribution in [0, 0.1) is 0 Å². The number of aliphatic hydroxyl groups is 1. The van der Waals surface area contributed by atoms with E-state index in [0.29, 0.717) is 29.8 Å². The van der Waals surface area contributed by atoms with Crippen molar-refractivity contribution in [1.29, 1.82) is 0 Å². The Morgan fingerprint density at radius 2 is 1.91 bits per heavy atom. The van der Waals surface area contributed by atoms with Gasteiger partial charge in [-0.25, -0.2) is 4.79 Å². The SMILES string of the molecule is C[C@H](CO)NCCC(=O)Nc1cccc2c1CN(C1CCC(=O)NC1=O)C2=O.O=C(O)C(F)(F)F. The lowest BCUT2D eigenvalue weighted by Gasteiger charge is -2.29. The van der Waals surface area contributed by atoms with Crippen LogP contribution in [0.15, 0.2) is 18.2 Å². The smallest absolute Gasteiger partial charge is 0.475 e. The van der Waals surface area contributed by atoms with Gasteiger partial charge in [-0.3, -0.25) is 24.5 Å². The van der Waals surface area contributed by atoms with Crippen LogP contribution in [0.2, 0.25) is 0 Å². The highest BCUT2D eigenvalue weighted by Crippen LogP contribution is 2.32. The standard InChI is InChI=1S/C19H24N4O5.C2HF3O2/c1-11(10-24)20-8-7-17(26)21-14-4-2-3-12-13(14)9-23(19(12)28)15-5-6-16(25)22-18(15)27;3-2(4,5)1(6)7/h2-4,11,15,20,24H,5-10H2,1H3,(H,21,26)(H,22,25,27);(H,6,7)/t11-,15?;/m1./s1. The molecule has 192 valence electrons. The number of amides is 4. The van der Waals surface area contributed by atoms with Gasteiger partial charge in [0.2, 0.25) is 17.7 Å². The van der Waals surface area contributed by atoms with Gasteiger partial charge < -0.3 is 25.7 Å². The number of hydrogen-bond acceptors (Lipinski definition) is 7. The fourth-order valence-electron chi connectivity index (χ4n) is 3.41. The molecule has 1 unspecified atom stereocenters. The van der Waals surface area contributed by atoms with E-state index >= 15 is 0 Å². The van der Waals surface area contributed by atoms with E-state index < -0.39 is 24.1 Å². The van der Waals surface area contributed by atoms with Gasteiger partial charge in [-0.1, -0.05) is 6.07 Å². The number of imide groups is 1. The van der Waals surface area contributed by atoms with Crippen LogP contribution in [0.25, 0.3) is 0 Å². The normalized spacial score (nSPS) is 18.3. The number of anilines is 1. The molecule has 14 heteroatoms. The Morgan fingerprint density at radius 3 is 2.49 bits per heavy atom. The van der Waals surface area contributed by atoms with E-state index in [9.17, 15) is 32.3 Å². The highest BCUT2D eigenvalue weighted by atomic mass is 19.4. The number of rotatable bonds is 7. The van der Waals surface area contributed by atoms with Crippen LogP contribution in [-0.4, -0.2) is 76.1 Å². The van der Waals surface area contributed by atoms with Crippen molar-refractivity contribution in [1.82, 2.24) is 15.5 Å². The van der Waals surface area contributed by atoms with Crippen LogP contribution < -0.4 is 16.0 Å². The van der Waals surface area contributed by atoms with Gasteiger partial charge in [0, 0.05) is 48.8 Å². The topological polar surface area (TPSA) is 165 Å². The number of nitrogens with zero attached hydrogens (tertiary/aromatic N) is 1. The lowest BCUT2D eigenvalue weighted by molar-refractivity contribution is -0.192. The highest BCUT2D eigenvalue weighted by molar-refractivity contribution is 6.06. The number of nitrogens with one attached hydrogen (secondary N) is 3. The Morgan fingerprint density at radius 1 is 1.26 bits per heavy atom. The molecule has 1 saturated heterocycles. The van der Waals surface area contributed by atoms with Crippen molar-refractivity contribution in [2.75, 3.05) is 18.5 Å². The molecule has 2 aliphatic heterocycles. The molecule has 35 heavy (non-hydrogen) atoms. The number of aliphatic hydroxyl groups excluding tert-OH is 1. The molecule has 3 rings (SSSR count). The molecule has 4 amide bonds. The molecule has 5 N–H and O–H groups in total. The molecular formula is C21H25F3N4O7. The highest BCUT2D eigenvalue weighted by Gasteiger charge is 2.40. The maximum atomic E-state index is 12.8. The summed E-state index contributed by atoms with van der Waals surface area (Å²) in [5.74, 6) is -4.04. The number of halogens is 3. The molecule has 0 saturated carbocycles. The van der Waals surface area contributed by atoms with Crippen molar-refractivity contribution >= 4 is 35.3 Å². The van der Waals surface area contributed by atoms with Gasteiger partial charge in [0.15, 0.2) is 0 Å². The number of benzene rings is 1. The average molecular weight is 502 g/mol. The monoisotopic (exact) mass is 502 g/mol. The van der Waals surface area contributed by atoms with Crippen molar-refractivity contribution < 1.29 is 47.4 Å². The van der Waals surface area contributed by atoms with Crippen LogP contribution in [-0.2, 0) is 25.7 Å². The number of piperidine rings is 1. The van der Waals surface area contributed by atoms with E-state index in [4.69, 9.17) is 15.0 Å². The molecule has 2 heterocycles. The Labute approximate surface area is 197 Å². The Balaban J connectivity index is 0.000000540. The number of carbonyl (C=O) groups excluding carboxylic acids is 4. The van der Waals surface area contributed by atoms with Gasteiger partial charge in [-0.05, 0) is 25.5 Å². The van der Waals surface area contributed by atoms with Crippen LogP contribution >= 0.6 is 0 Å². The Hall–Kier alpha value is -3.52. The summed E-state index contributed by atoms with van der Waals surface area (Å²) in [5.41, 5.74) is 1.66. The number of carboxylic acids is 1. The van der Waals surface area contributed by atoms with Crippen molar-refractivity contribution in [3.05, 3.63) is 29.3 Å². The van der Waals surface area contributed by atoms with E-state index in [2.05, 4.69) is 16.0 Å². The van der Waals surface area contributed by atoms with Crippen molar-refractivity contribution in [2.24, 2.45) is 0 Å². The Bertz CT molecular complexity index is 1000. The minimum Gasteiger partial charge on any atom is -0.475 e. The summed E-state index contributed by atoms with van der Waals surface area (Å²) in [6.45, 7) is 2.43. The van der Waals surface area contributed by atoms with E-state index in [1.165, 1.54) is 4.90 Å². The molecular weight excluding hydrogens is 477 g/mol. The third kappa shape index (κ3) is 7.48. The van der Waals surface area contributed by atoms with Crippen molar-refractivity contribution in [2.45, 2.75) is 51.0 Å². The summed E-state index contributed by atoms with van der Waals surface area (Å²) < 4.78 is 31.7. The van der Waals surface area contributed by atoms with Crippen LogP contribution in [0.3, 0.4) is 0 Å². The minimum absolute atomic E-state index is 0.00784. The summed E-state index contributed by atoms with van der Waals surface area (Å²) in [6.07, 6.45) is -4.38. The molecule has 0 aliphatic carbocycles. The number of hydrogen-bond donors (Lipinski definition) is 5. The number of aliphatic carboxylic acids is 1. The molecule has 0 spiro atoms. The van der Waals surface area contributed by atoms with Crippen molar-refractivity contribution in [3.63, 3.8) is 0 Å².